The van der Waals surface area contributed by atoms with Crippen LogP contribution in [0.25, 0.3) is 0 Å². The van der Waals surface area contributed by atoms with Gasteiger partial charge in [-0.3, -0.25) is 4.79 Å². The Bertz CT molecular complexity index is 749. The van der Waals surface area contributed by atoms with Crippen LogP contribution in [-0.2, 0) is 9.53 Å². The summed E-state index contributed by atoms with van der Waals surface area (Å²) in [5.41, 5.74) is 0.794. The van der Waals surface area contributed by atoms with Gasteiger partial charge in [0.15, 0.2) is 6.10 Å². The van der Waals surface area contributed by atoms with Crippen molar-refractivity contribution >= 4 is 51.8 Å². The highest BCUT2D eigenvalue weighted by Gasteiger charge is 2.20. The van der Waals surface area contributed by atoms with Gasteiger partial charge in [0.25, 0.3) is 5.91 Å². The monoisotopic (exact) mass is 459 g/mol. The van der Waals surface area contributed by atoms with Crippen molar-refractivity contribution in [3.05, 3.63) is 56.6 Å². The highest BCUT2D eigenvalue weighted by atomic mass is 127. The predicted octanol–water partition coefficient (Wildman–Crippen LogP) is 4.14. The fourth-order valence-corrected chi connectivity index (χ4v) is 2.41. The lowest BCUT2D eigenvalue weighted by Crippen LogP contribution is -2.30. The molecule has 0 aromatic heterocycles. The Labute approximate surface area is 158 Å². The number of rotatable bonds is 5. The molecular formula is C17H15ClINO4. The van der Waals surface area contributed by atoms with Crippen molar-refractivity contribution in [2.24, 2.45) is 0 Å². The summed E-state index contributed by atoms with van der Waals surface area (Å²) in [6, 6.07) is 11.7. The molecule has 0 spiro atoms. The van der Waals surface area contributed by atoms with E-state index in [1.807, 2.05) is 0 Å². The maximum atomic E-state index is 12.2. The molecule has 0 aliphatic rings. The lowest BCUT2D eigenvalue weighted by molar-refractivity contribution is -0.123. The third kappa shape index (κ3) is 4.85. The number of anilines is 1. The van der Waals surface area contributed by atoms with Crippen molar-refractivity contribution in [1.29, 1.82) is 0 Å². The van der Waals surface area contributed by atoms with Gasteiger partial charge in [0.1, 0.15) is 5.75 Å². The summed E-state index contributed by atoms with van der Waals surface area (Å²) in [5.74, 6) is -0.578. The zero-order valence-corrected chi connectivity index (χ0v) is 15.9. The Morgan fingerprint density at radius 3 is 2.46 bits per heavy atom. The fourth-order valence-electron chi connectivity index (χ4n) is 1.88. The van der Waals surface area contributed by atoms with Crippen LogP contribution in [0.15, 0.2) is 42.5 Å². The molecule has 1 unspecified atom stereocenters. The molecule has 0 saturated carbocycles. The number of methoxy groups -OCH3 is 1. The zero-order chi connectivity index (χ0) is 17.7. The second-order valence-electron chi connectivity index (χ2n) is 4.89. The molecular weight excluding hydrogens is 445 g/mol. The number of nitrogens with one attached hydrogen (secondary N) is 1. The molecule has 126 valence electrons. The van der Waals surface area contributed by atoms with Gasteiger partial charge in [0.05, 0.1) is 18.4 Å². The number of hydrogen-bond acceptors (Lipinski definition) is 4. The van der Waals surface area contributed by atoms with E-state index in [4.69, 9.17) is 21.1 Å². The molecule has 1 N–H and O–H groups in total. The molecule has 2 aromatic rings. The van der Waals surface area contributed by atoms with Crippen molar-refractivity contribution in [3.8, 4) is 5.75 Å². The van der Waals surface area contributed by atoms with E-state index in [2.05, 4.69) is 27.9 Å². The molecule has 2 rings (SSSR count). The van der Waals surface area contributed by atoms with Crippen molar-refractivity contribution < 1.29 is 19.1 Å². The number of halogens is 2. The van der Waals surface area contributed by atoms with Gasteiger partial charge in [-0.15, -0.1) is 0 Å². The van der Waals surface area contributed by atoms with Gasteiger partial charge in [-0.05, 0) is 72.0 Å². The second kappa shape index (κ2) is 8.34. The number of ether oxygens (including phenoxy) is 2. The van der Waals surface area contributed by atoms with E-state index in [1.54, 1.807) is 42.5 Å². The number of amides is 1. The molecule has 0 heterocycles. The molecule has 0 radical (unpaired) electrons. The fraction of sp³-hybridized carbons (Fsp3) is 0.176. The first-order chi connectivity index (χ1) is 11.4. The smallest absolute Gasteiger partial charge is 0.338 e. The average Bonchev–Trinajstić information content (AvgIpc) is 2.55. The number of carbonyl (C=O) groups excluding carboxylic acids is 2. The highest BCUT2D eigenvalue weighted by molar-refractivity contribution is 14.1. The molecule has 0 bridgehead atoms. The Morgan fingerprint density at radius 1 is 1.17 bits per heavy atom. The molecule has 24 heavy (non-hydrogen) atoms. The van der Waals surface area contributed by atoms with Crippen molar-refractivity contribution in [2.75, 3.05) is 12.4 Å². The number of hydrogen-bond donors (Lipinski definition) is 1. The minimum absolute atomic E-state index is 0.385. The van der Waals surface area contributed by atoms with E-state index in [-0.39, 0.29) is 0 Å². The van der Waals surface area contributed by atoms with Crippen molar-refractivity contribution in [3.63, 3.8) is 0 Å². The van der Waals surface area contributed by atoms with Crippen LogP contribution in [0.5, 0.6) is 5.75 Å². The minimum Gasteiger partial charge on any atom is -0.495 e. The summed E-state index contributed by atoms with van der Waals surface area (Å²) in [5, 5.41) is 3.09. The molecule has 0 fully saturated rings. The van der Waals surface area contributed by atoms with E-state index in [1.165, 1.54) is 14.0 Å². The normalized spacial score (nSPS) is 11.5. The van der Waals surface area contributed by atoms with Crippen molar-refractivity contribution in [1.82, 2.24) is 0 Å². The van der Waals surface area contributed by atoms with Crippen LogP contribution in [0.2, 0.25) is 5.02 Å². The minimum atomic E-state index is -0.972. The molecule has 0 aliphatic heterocycles. The quantitative estimate of drug-likeness (QED) is 0.539. The first-order valence-corrected chi connectivity index (χ1v) is 8.47. The standard InChI is InChI=1S/C17H15ClINO4/c1-10(24-17(22)11-3-6-13(19)7-4-11)16(21)20-14-9-12(18)5-8-15(14)23-2/h3-10H,1-2H3,(H,20,21). The first kappa shape index (κ1) is 18.5. The van der Waals surface area contributed by atoms with Crippen LogP contribution in [0.4, 0.5) is 5.69 Å². The summed E-state index contributed by atoms with van der Waals surface area (Å²) >= 11 is 8.06. The van der Waals surface area contributed by atoms with Crippen LogP contribution in [0.3, 0.4) is 0 Å². The number of benzene rings is 2. The molecule has 5 nitrogen and oxygen atoms in total. The average molecular weight is 460 g/mol. The molecule has 0 aliphatic carbocycles. The van der Waals surface area contributed by atoms with Gasteiger partial charge in [0.2, 0.25) is 0 Å². The van der Waals surface area contributed by atoms with Crippen LogP contribution >= 0.6 is 34.2 Å². The molecule has 7 heteroatoms. The SMILES string of the molecule is COc1ccc(Cl)cc1NC(=O)C(C)OC(=O)c1ccc(I)cc1. The summed E-state index contributed by atoms with van der Waals surface area (Å²) < 4.78 is 11.4. The van der Waals surface area contributed by atoms with Gasteiger partial charge in [-0.2, -0.15) is 0 Å². The first-order valence-electron chi connectivity index (χ1n) is 7.01. The van der Waals surface area contributed by atoms with Gasteiger partial charge in [-0.1, -0.05) is 11.6 Å². The number of esters is 1. The van der Waals surface area contributed by atoms with E-state index < -0.39 is 18.0 Å². The lowest BCUT2D eigenvalue weighted by atomic mass is 10.2. The Balaban J connectivity index is 2.03. The van der Waals surface area contributed by atoms with Crippen LogP contribution < -0.4 is 10.1 Å². The van der Waals surface area contributed by atoms with Crippen molar-refractivity contribution in [2.45, 2.75) is 13.0 Å². The van der Waals surface area contributed by atoms with E-state index in [9.17, 15) is 9.59 Å². The third-order valence-electron chi connectivity index (χ3n) is 3.15. The Morgan fingerprint density at radius 2 is 1.83 bits per heavy atom. The summed E-state index contributed by atoms with van der Waals surface area (Å²) in [4.78, 5) is 24.3. The zero-order valence-electron chi connectivity index (χ0n) is 13.0. The third-order valence-corrected chi connectivity index (χ3v) is 4.11. The van der Waals surface area contributed by atoms with E-state index in [0.717, 1.165) is 3.57 Å². The van der Waals surface area contributed by atoms with E-state index >= 15 is 0 Å². The highest BCUT2D eigenvalue weighted by Crippen LogP contribution is 2.27. The van der Waals surface area contributed by atoms with Gasteiger partial charge in [0, 0.05) is 8.59 Å². The predicted molar refractivity (Wildman–Crippen MR) is 101 cm³/mol. The second-order valence-corrected chi connectivity index (χ2v) is 6.57. The van der Waals surface area contributed by atoms with Gasteiger partial charge >= 0.3 is 5.97 Å². The Hall–Kier alpha value is -1.80. The van der Waals surface area contributed by atoms with Crippen LogP contribution in [0.1, 0.15) is 17.3 Å². The van der Waals surface area contributed by atoms with Gasteiger partial charge in [-0.25, -0.2) is 4.79 Å². The van der Waals surface area contributed by atoms with Crippen LogP contribution in [0, 0.1) is 3.57 Å². The largest absolute Gasteiger partial charge is 0.495 e. The summed E-state index contributed by atoms with van der Waals surface area (Å²) in [6.07, 6.45) is -0.972. The summed E-state index contributed by atoms with van der Waals surface area (Å²) in [7, 11) is 1.49. The topological polar surface area (TPSA) is 64.6 Å². The lowest BCUT2D eigenvalue weighted by Gasteiger charge is -2.15. The molecule has 0 saturated heterocycles. The Kier molecular flexibility index (Phi) is 6.44. The maximum absolute atomic E-state index is 12.2. The van der Waals surface area contributed by atoms with Crippen LogP contribution in [-0.4, -0.2) is 25.1 Å². The number of carbonyl (C=O) groups is 2. The molecule has 2 aromatic carbocycles. The summed E-state index contributed by atoms with van der Waals surface area (Å²) in [6.45, 7) is 1.50. The molecule has 1 atom stereocenters. The molecule has 1 amide bonds. The van der Waals surface area contributed by atoms with E-state index in [0.29, 0.717) is 22.0 Å². The van der Waals surface area contributed by atoms with Gasteiger partial charge < -0.3 is 14.8 Å². The maximum Gasteiger partial charge on any atom is 0.338 e.